The van der Waals surface area contributed by atoms with E-state index in [1.807, 2.05) is 6.07 Å². The molecule has 2 heterocycles. The van der Waals surface area contributed by atoms with Gasteiger partial charge in [-0.05, 0) is 35.9 Å². The largest absolute Gasteiger partial charge is 0.416 e. The minimum Gasteiger partial charge on any atom is -0.399 e. The van der Waals surface area contributed by atoms with Crippen molar-refractivity contribution in [2.45, 2.75) is 6.18 Å². The van der Waals surface area contributed by atoms with Gasteiger partial charge in [0.05, 0.1) is 5.56 Å². The molecule has 0 unspecified atom stereocenters. The van der Waals surface area contributed by atoms with Crippen LogP contribution >= 0.6 is 0 Å². The Morgan fingerprint density at radius 3 is 2.67 bits per heavy atom. The third kappa shape index (κ3) is 2.33. The molecule has 3 nitrogen and oxygen atoms in total. The Morgan fingerprint density at radius 1 is 1.19 bits per heavy atom. The van der Waals surface area contributed by atoms with Gasteiger partial charge < -0.3 is 10.3 Å². The van der Waals surface area contributed by atoms with E-state index in [0.717, 1.165) is 17.5 Å². The normalized spacial score (nSPS) is 12.0. The molecule has 1 aromatic carbocycles. The van der Waals surface area contributed by atoms with Crippen LogP contribution in [-0.4, -0.2) is 9.55 Å². The van der Waals surface area contributed by atoms with E-state index < -0.39 is 11.7 Å². The number of nitrogens with two attached hydrogens (primary N) is 1. The van der Waals surface area contributed by atoms with Crippen LogP contribution in [-0.2, 0) is 13.2 Å². The lowest BCUT2D eigenvalue weighted by molar-refractivity contribution is -0.137. The number of anilines is 1. The molecule has 3 aromatic rings. The summed E-state index contributed by atoms with van der Waals surface area (Å²) >= 11 is 0. The Balaban J connectivity index is 2.26. The highest BCUT2D eigenvalue weighted by Gasteiger charge is 2.31. The highest BCUT2D eigenvalue weighted by atomic mass is 19.4. The van der Waals surface area contributed by atoms with E-state index in [1.165, 1.54) is 6.07 Å². The molecule has 0 spiro atoms. The van der Waals surface area contributed by atoms with Gasteiger partial charge in [0.15, 0.2) is 0 Å². The minimum absolute atomic E-state index is 0.0840. The first-order valence-electron chi connectivity index (χ1n) is 6.24. The number of pyridine rings is 1. The number of halogens is 3. The third-order valence-electron chi connectivity index (χ3n) is 3.33. The molecular formula is C15H12F3N3. The molecule has 0 aliphatic rings. The second-order valence-electron chi connectivity index (χ2n) is 4.87. The van der Waals surface area contributed by atoms with Gasteiger partial charge in [0, 0.05) is 36.1 Å². The fourth-order valence-electron chi connectivity index (χ4n) is 2.41. The number of benzene rings is 1. The number of rotatable bonds is 1. The van der Waals surface area contributed by atoms with Crippen molar-refractivity contribution in [2.75, 3.05) is 5.73 Å². The van der Waals surface area contributed by atoms with E-state index in [9.17, 15) is 13.2 Å². The summed E-state index contributed by atoms with van der Waals surface area (Å²) in [7, 11) is 1.80. The number of alkyl halides is 3. The number of aromatic nitrogens is 2. The molecule has 0 fully saturated rings. The highest BCUT2D eigenvalue weighted by molar-refractivity contribution is 5.94. The average Bonchev–Trinajstić information content (AvgIpc) is 2.75. The van der Waals surface area contributed by atoms with Crippen molar-refractivity contribution in [1.82, 2.24) is 9.55 Å². The maximum Gasteiger partial charge on any atom is 0.416 e. The van der Waals surface area contributed by atoms with Crippen LogP contribution in [0, 0.1) is 0 Å². The van der Waals surface area contributed by atoms with Gasteiger partial charge >= 0.3 is 6.18 Å². The molecule has 2 aromatic heterocycles. The first-order chi connectivity index (χ1) is 9.86. The standard InChI is InChI=1S/C15H12F3N3/c1-21-8-13(12-3-2-4-20-14(12)21)9-5-10(15(16,17)18)7-11(19)6-9/h2-8H,19H2,1H3. The van der Waals surface area contributed by atoms with Gasteiger partial charge in [-0.1, -0.05) is 0 Å². The van der Waals surface area contributed by atoms with Gasteiger partial charge in [0.25, 0.3) is 0 Å². The summed E-state index contributed by atoms with van der Waals surface area (Å²) < 4.78 is 40.5. The maximum absolute atomic E-state index is 12.9. The molecule has 108 valence electrons. The second kappa shape index (κ2) is 4.51. The second-order valence-corrected chi connectivity index (χ2v) is 4.87. The van der Waals surface area contributed by atoms with E-state index in [2.05, 4.69) is 4.98 Å². The van der Waals surface area contributed by atoms with Crippen molar-refractivity contribution >= 4 is 16.7 Å². The van der Waals surface area contributed by atoms with Crippen molar-refractivity contribution in [2.24, 2.45) is 7.05 Å². The predicted octanol–water partition coefficient (Wildman–Crippen LogP) is 3.84. The Morgan fingerprint density at radius 2 is 1.95 bits per heavy atom. The summed E-state index contributed by atoms with van der Waals surface area (Å²) in [6.07, 6.45) is -1.02. The van der Waals surface area contributed by atoms with Gasteiger partial charge in [-0.15, -0.1) is 0 Å². The van der Waals surface area contributed by atoms with Gasteiger partial charge in [-0.2, -0.15) is 13.2 Å². The van der Waals surface area contributed by atoms with Crippen molar-refractivity contribution in [3.8, 4) is 11.1 Å². The van der Waals surface area contributed by atoms with Crippen molar-refractivity contribution in [1.29, 1.82) is 0 Å². The summed E-state index contributed by atoms with van der Waals surface area (Å²) in [5.74, 6) is 0. The number of nitrogens with zero attached hydrogens (tertiary/aromatic N) is 2. The molecular weight excluding hydrogens is 279 g/mol. The van der Waals surface area contributed by atoms with E-state index in [1.54, 1.807) is 30.1 Å². The summed E-state index contributed by atoms with van der Waals surface area (Å²) in [4.78, 5) is 4.23. The quantitative estimate of drug-likeness (QED) is 0.692. The SMILES string of the molecule is Cn1cc(-c2cc(N)cc(C(F)(F)F)c2)c2cccnc21. The first-order valence-corrected chi connectivity index (χ1v) is 6.24. The van der Waals surface area contributed by atoms with Crippen LogP contribution in [0.15, 0.2) is 42.7 Å². The fourth-order valence-corrected chi connectivity index (χ4v) is 2.41. The minimum atomic E-state index is -4.42. The Kier molecular flexibility index (Phi) is 2.90. The van der Waals surface area contributed by atoms with Crippen LogP contribution in [0.4, 0.5) is 18.9 Å². The lowest BCUT2D eigenvalue weighted by Crippen LogP contribution is -2.06. The monoisotopic (exact) mass is 291 g/mol. The van der Waals surface area contributed by atoms with Crippen LogP contribution in [0.5, 0.6) is 0 Å². The van der Waals surface area contributed by atoms with Gasteiger partial charge in [0.1, 0.15) is 5.65 Å². The van der Waals surface area contributed by atoms with Crippen LogP contribution in [0.25, 0.3) is 22.2 Å². The van der Waals surface area contributed by atoms with Crippen LogP contribution in [0.1, 0.15) is 5.56 Å². The highest BCUT2D eigenvalue weighted by Crippen LogP contribution is 2.36. The molecule has 0 aliphatic heterocycles. The first kappa shape index (κ1) is 13.5. The lowest BCUT2D eigenvalue weighted by atomic mass is 10.0. The zero-order chi connectivity index (χ0) is 15.2. The third-order valence-corrected chi connectivity index (χ3v) is 3.33. The number of fused-ring (bicyclic) bond motifs is 1. The molecule has 3 rings (SSSR count). The number of nitrogen functional groups attached to an aromatic ring is 1. The Hall–Kier alpha value is -2.50. The predicted molar refractivity (Wildman–Crippen MR) is 75.6 cm³/mol. The average molecular weight is 291 g/mol. The zero-order valence-corrected chi connectivity index (χ0v) is 11.1. The molecule has 0 bridgehead atoms. The van der Waals surface area contributed by atoms with Gasteiger partial charge in [-0.3, -0.25) is 0 Å². The summed E-state index contributed by atoms with van der Waals surface area (Å²) in [5.41, 5.74) is 6.78. The van der Waals surface area contributed by atoms with Crippen LogP contribution in [0.2, 0.25) is 0 Å². The number of hydrogen-bond donors (Lipinski definition) is 1. The molecule has 0 aliphatic carbocycles. The number of aryl methyl sites for hydroxylation is 1. The molecule has 0 radical (unpaired) electrons. The van der Waals surface area contributed by atoms with Crippen molar-refractivity contribution in [3.05, 3.63) is 48.3 Å². The molecule has 6 heteroatoms. The molecule has 0 amide bonds. The smallest absolute Gasteiger partial charge is 0.399 e. The zero-order valence-electron chi connectivity index (χ0n) is 11.1. The topological polar surface area (TPSA) is 43.8 Å². The molecule has 21 heavy (non-hydrogen) atoms. The van der Waals surface area contributed by atoms with Gasteiger partial charge in [-0.25, -0.2) is 4.98 Å². The molecule has 0 saturated carbocycles. The maximum atomic E-state index is 12.9. The van der Waals surface area contributed by atoms with Crippen LogP contribution < -0.4 is 5.73 Å². The lowest BCUT2D eigenvalue weighted by Gasteiger charge is -2.10. The Bertz CT molecular complexity index is 819. The number of hydrogen-bond acceptors (Lipinski definition) is 2. The van der Waals surface area contributed by atoms with E-state index in [4.69, 9.17) is 5.73 Å². The van der Waals surface area contributed by atoms with Crippen molar-refractivity contribution in [3.63, 3.8) is 0 Å². The van der Waals surface area contributed by atoms with Gasteiger partial charge in [0.2, 0.25) is 0 Å². The van der Waals surface area contributed by atoms with Crippen LogP contribution in [0.3, 0.4) is 0 Å². The van der Waals surface area contributed by atoms with E-state index in [-0.39, 0.29) is 5.69 Å². The van der Waals surface area contributed by atoms with E-state index in [0.29, 0.717) is 16.8 Å². The fraction of sp³-hybridized carbons (Fsp3) is 0.133. The molecule has 2 N–H and O–H groups in total. The summed E-state index contributed by atoms with van der Waals surface area (Å²) in [6.45, 7) is 0. The van der Waals surface area contributed by atoms with Crippen molar-refractivity contribution < 1.29 is 13.2 Å². The Labute approximate surface area is 118 Å². The molecule has 0 saturated heterocycles. The van der Waals surface area contributed by atoms with E-state index >= 15 is 0 Å². The molecule has 0 atom stereocenters. The summed E-state index contributed by atoms with van der Waals surface area (Å²) in [5, 5.41) is 0.790. The summed E-state index contributed by atoms with van der Waals surface area (Å²) in [6, 6.07) is 7.17.